The number of nitrogens with one attached hydrogen (secondary N) is 2. The van der Waals surface area contributed by atoms with Gasteiger partial charge in [-0.25, -0.2) is 8.78 Å². The molecule has 0 aliphatic carbocycles. The topological polar surface area (TPSA) is 86.3 Å². The third-order valence-electron chi connectivity index (χ3n) is 5.75. The summed E-state index contributed by atoms with van der Waals surface area (Å²) in [6.45, 7) is 2.36. The fourth-order valence-corrected chi connectivity index (χ4v) is 3.97. The monoisotopic (exact) mass is 469 g/mol. The van der Waals surface area contributed by atoms with Gasteiger partial charge in [-0.2, -0.15) is 10.1 Å². The highest BCUT2D eigenvalue weighted by atomic mass is 19.3. The maximum Gasteiger partial charge on any atom is 0.270 e. The number of ether oxygens (including phenoxy) is 1. The maximum atomic E-state index is 13.6. The van der Waals surface area contributed by atoms with Crippen LogP contribution in [-0.4, -0.2) is 36.6 Å². The van der Waals surface area contributed by atoms with Crippen LogP contribution >= 0.6 is 0 Å². The number of alkyl halides is 2. The van der Waals surface area contributed by atoms with Crippen molar-refractivity contribution < 1.29 is 23.1 Å². The molecule has 2 amide bonds. The predicted octanol–water partition coefficient (Wildman–Crippen LogP) is 3.79. The summed E-state index contributed by atoms with van der Waals surface area (Å²) >= 11 is 0. The first-order valence-corrected chi connectivity index (χ1v) is 10.6. The van der Waals surface area contributed by atoms with Crippen LogP contribution in [0, 0.1) is 5.92 Å². The first-order valence-electron chi connectivity index (χ1n) is 10.6. The van der Waals surface area contributed by atoms with Crippen molar-refractivity contribution in [2.75, 3.05) is 24.5 Å². The lowest BCUT2D eigenvalue weighted by Gasteiger charge is -2.25. The number of amides is 2. The lowest BCUT2D eigenvalue weighted by atomic mass is 10.0. The second-order valence-electron chi connectivity index (χ2n) is 8.26. The molecule has 2 atom stereocenters. The van der Waals surface area contributed by atoms with Gasteiger partial charge in [-0.1, -0.05) is 12.1 Å². The van der Waals surface area contributed by atoms with Crippen LogP contribution in [0.3, 0.4) is 0 Å². The van der Waals surface area contributed by atoms with Gasteiger partial charge in [0.25, 0.3) is 11.8 Å². The second-order valence-corrected chi connectivity index (χ2v) is 8.26. The van der Waals surface area contributed by atoms with Crippen LogP contribution in [0.15, 0.2) is 60.0 Å². The van der Waals surface area contributed by atoms with Crippen LogP contribution in [0.4, 0.5) is 20.2 Å². The van der Waals surface area contributed by atoms with Crippen LogP contribution in [0.1, 0.15) is 31.1 Å². The van der Waals surface area contributed by atoms with Crippen molar-refractivity contribution in [3.63, 3.8) is 0 Å². The minimum absolute atomic E-state index is 0.178. The zero-order valence-corrected chi connectivity index (χ0v) is 19.2. The van der Waals surface area contributed by atoms with Crippen molar-refractivity contribution >= 4 is 28.9 Å². The van der Waals surface area contributed by atoms with Crippen molar-refractivity contribution in [1.29, 1.82) is 0 Å². The number of hydrogen-bond acceptors (Lipinski definition) is 6. The van der Waals surface area contributed by atoms with E-state index in [-0.39, 0.29) is 17.4 Å². The predicted molar refractivity (Wildman–Crippen MR) is 124 cm³/mol. The first-order chi connectivity index (χ1) is 16.1. The Morgan fingerprint density at radius 3 is 2.65 bits per heavy atom. The fraction of sp³-hybridized carbons (Fsp3) is 0.292. The Kier molecular flexibility index (Phi) is 5.99. The average molecular weight is 469 g/mol. The Morgan fingerprint density at radius 1 is 1.24 bits per heavy atom. The Balaban J connectivity index is 1.56. The van der Waals surface area contributed by atoms with E-state index in [1.54, 1.807) is 32.2 Å². The molecule has 0 saturated carbocycles. The zero-order chi connectivity index (χ0) is 24.6. The van der Waals surface area contributed by atoms with Gasteiger partial charge in [0.1, 0.15) is 11.9 Å². The number of halogens is 2. The smallest absolute Gasteiger partial charge is 0.270 e. The molecule has 2 heterocycles. The molecule has 2 aromatic carbocycles. The summed E-state index contributed by atoms with van der Waals surface area (Å²) in [5.74, 6) is -4.77. The van der Waals surface area contributed by atoms with E-state index < -0.39 is 23.7 Å². The lowest BCUT2D eigenvalue weighted by Crippen LogP contribution is -2.36. The number of nitrogens with zero attached hydrogens (tertiary/aromatic N) is 3. The van der Waals surface area contributed by atoms with Gasteiger partial charge >= 0.3 is 0 Å². The highest BCUT2D eigenvalue weighted by molar-refractivity contribution is 6.28. The van der Waals surface area contributed by atoms with Crippen molar-refractivity contribution in [2.45, 2.75) is 25.9 Å². The minimum atomic E-state index is -3.05. The number of benzene rings is 2. The van der Waals surface area contributed by atoms with Gasteiger partial charge < -0.3 is 20.3 Å². The molecule has 0 bridgehead atoms. The normalized spacial score (nSPS) is 19.8. The van der Waals surface area contributed by atoms with E-state index >= 15 is 0 Å². The van der Waals surface area contributed by atoms with Gasteiger partial charge in [0.15, 0.2) is 5.92 Å². The largest absolute Gasteiger partial charge is 0.496 e. The molecule has 178 valence electrons. The molecule has 2 aliphatic rings. The third kappa shape index (κ3) is 4.30. The molecular formula is C24H25F2N5O3. The van der Waals surface area contributed by atoms with E-state index in [1.165, 1.54) is 29.3 Å². The van der Waals surface area contributed by atoms with E-state index in [4.69, 9.17) is 4.74 Å². The van der Waals surface area contributed by atoms with Gasteiger partial charge in [-0.05, 0) is 37.3 Å². The quantitative estimate of drug-likeness (QED) is 0.629. The van der Waals surface area contributed by atoms with Gasteiger partial charge in [-0.3, -0.25) is 9.59 Å². The molecule has 2 aliphatic heterocycles. The Hall–Kier alpha value is -3.95. The Morgan fingerprint density at radius 2 is 2.00 bits per heavy atom. The molecular weight excluding hydrogens is 444 g/mol. The SMILES string of the molecule is COc1ccc(N2N=C(C)C(C(=O)Nc3cccc(C(C)(F)F)c3)C2=O)cc1C1NC=CN1C. The molecule has 0 spiro atoms. The molecule has 2 aromatic rings. The number of anilines is 2. The van der Waals surface area contributed by atoms with Gasteiger partial charge in [-0.15, -0.1) is 0 Å². The van der Waals surface area contributed by atoms with Crippen molar-refractivity contribution in [3.8, 4) is 5.75 Å². The van der Waals surface area contributed by atoms with E-state index in [0.717, 1.165) is 12.5 Å². The molecule has 4 rings (SSSR count). The standard InChI is InChI=1S/C24H25F2N5O3/c1-14-20(22(32)28-16-7-5-6-15(12-16)24(2,25)26)23(33)31(29-14)17-8-9-19(34-4)18(13-17)21-27-10-11-30(21)3/h5-13,20-21,27H,1-4H3,(H,28,32). The van der Waals surface area contributed by atoms with Gasteiger partial charge in [0.05, 0.1) is 18.5 Å². The van der Waals surface area contributed by atoms with Crippen LogP contribution < -0.4 is 20.4 Å². The molecule has 2 unspecified atom stereocenters. The van der Waals surface area contributed by atoms with Gasteiger partial charge in [0, 0.05) is 43.2 Å². The summed E-state index contributed by atoms with van der Waals surface area (Å²) in [5.41, 5.74) is 1.51. The lowest BCUT2D eigenvalue weighted by molar-refractivity contribution is -0.127. The maximum absolute atomic E-state index is 13.6. The zero-order valence-electron chi connectivity index (χ0n) is 19.2. The summed E-state index contributed by atoms with van der Waals surface area (Å²) < 4.78 is 32.8. The van der Waals surface area contributed by atoms with Crippen LogP contribution in [-0.2, 0) is 15.5 Å². The van der Waals surface area contributed by atoms with E-state index in [2.05, 4.69) is 15.7 Å². The Labute approximate surface area is 195 Å². The molecule has 34 heavy (non-hydrogen) atoms. The summed E-state index contributed by atoms with van der Waals surface area (Å²) in [7, 11) is 3.47. The van der Waals surface area contributed by atoms with E-state index in [1.807, 2.05) is 24.3 Å². The van der Waals surface area contributed by atoms with Gasteiger partial charge in [0.2, 0.25) is 5.91 Å². The highest BCUT2D eigenvalue weighted by Gasteiger charge is 2.40. The summed E-state index contributed by atoms with van der Waals surface area (Å²) in [4.78, 5) is 28.1. The summed E-state index contributed by atoms with van der Waals surface area (Å²) in [6, 6.07) is 10.6. The molecule has 8 nitrogen and oxygen atoms in total. The molecule has 10 heteroatoms. The second kappa shape index (κ2) is 8.77. The number of methoxy groups -OCH3 is 1. The number of carbonyl (C=O) groups is 2. The molecule has 0 saturated heterocycles. The number of hydrazone groups is 1. The third-order valence-corrected chi connectivity index (χ3v) is 5.75. The number of hydrogen-bond donors (Lipinski definition) is 2. The minimum Gasteiger partial charge on any atom is -0.496 e. The molecule has 0 radical (unpaired) electrons. The van der Waals surface area contributed by atoms with Crippen LogP contribution in [0.5, 0.6) is 5.75 Å². The van der Waals surface area contributed by atoms with Crippen molar-refractivity contribution in [3.05, 3.63) is 66.0 Å². The number of rotatable bonds is 6. The van der Waals surface area contributed by atoms with E-state index in [9.17, 15) is 18.4 Å². The molecule has 2 N–H and O–H groups in total. The molecule has 0 fully saturated rings. The van der Waals surface area contributed by atoms with Crippen molar-refractivity contribution in [1.82, 2.24) is 10.2 Å². The Bertz CT molecular complexity index is 1190. The summed E-state index contributed by atoms with van der Waals surface area (Å²) in [5, 5.41) is 11.3. The first kappa shape index (κ1) is 23.2. The molecule has 0 aromatic heterocycles. The average Bonchev–Trinajstić information content (AvgIpc) is 3.35. The summed E-state index contributed by atoms with van der Waals surface area (Å²) in [6.07, 6.45) is 3.49. The van der Waals surface area contributed by atoms with E-state index in [0.29, 0.717) is 17.1 Å². The highest BCUT2D eigenvalue weighted by Crippen LogP contribution is 2.35. The van der Waals surface area contributed by atoms with Crippen LogP contribution in [0.25, 0.3) is 0 Å². The number of carbonyl (C=O) groups excluding carboxylic acids is 2. The van der Waals surface area contributed by atoms with Crippen molar-refractivity contribution in [2.24, 2.45) is 11.0 Å². The fourth-order valence-electron chi connectivity index (χ4n) is 3.97. The van der Waals surface area contributed by atoms with Crippen LogP contribution in [0.2, 0.25) is 0 Å².